The molecule has 0 radical (unpaired) electrons. The van der Waals surface area contributed by atoms with Gasteiger partial charge in [0, 0.05) is 26.2 Å². The third-order valence-corrected chi connectivity index (χ3v) is 6.72. The number of ether oxygens (including phenoxy) is 2. The van der Waals surface area contributed by atoms with Crippen LogP contribution >= 0.6 is 11.6 Å². The van der Waals surface area contributed by atoms with E-state index in [9.17, 15) is 5.11 Å². The van der Waals surface area contributed by atoms with Gasteiger partial charge in [-0.2, -0.15) is 5.10 Å². The van der Waals surface area contributed by atoms with Gasteiger partial charge in [0.1, 0.15) is 5.75 Å². The van der Waals surface area contributed by atoms with Gasteiger partial charge >= 0.3 is 0 Å². The van der Waals surface area contributed by atoms with Crippen LogP contribution in [0.2, 0.25) is 5.02 Å². The molecule has 0 aliphatic carbocycles. The summed E-state index contributed by atoms with van der Waals surface area (Å²) in [6.45, 7) is 6.92. The Morgan fingerprint density at radius 3 is 2.69 bits per heavy atom. The zero-order chi connectivity index (χ0) is 24.6. The van der Waals surface area contributed by atoms with E-state index >= 15 is 0 Å². The average Bonchev–Trinajstić information content (AvgIpc) is 3.48. The van der Waals surface area contributed by atoms with Gasteiger partial charge in [0.25, 0.3) is 0 Å². The smallest absolute Gasteiger partial charge is 0.227 e. The van der Waals surface area contributed by atoms with E-state index in [1.165, 1.54) is 0 Å². The number of benzene rings is 2. The van der Waals surface area contributed by atoms with E-state index in [0.29, 0.717) is 29.7 Å². The van der Waals surface area contributed by atoms with Crippen LogP contribution in [-0.4, -0.2) is 51.7 Å². The first kappa shape index (κ1) is 25.7. The van der Waals surface area contributed by atoms with Crippen LogP contribution in [0.1, 0.15) is 50.3 Å². The highest BCUT2D eigenvalue weighted by atomic mass is 35.5. The number of rotatable bonds is 12. The minimum atomic E-state index is -0.381. The lowest BCUT2D eigenvalue weighted by atomic mass is 10.1. The molecule has 1 N–H and O–H groups in total. The van der Waals surface area contributed by atoms with Gasteiger partial charge in [0.2, 0.25) is 5.88 Å². The van der Waals surface area contributed by atoms with Crippen LogP contribution in [-0.2, 0) is 11.3 Å². The quantitative estimate of drug-likeness (QED) is 0.325. The molecule has 0 amide bonds. The fourth-order valence-corrected chi connectivity index (χ4v) is 4.71. The maximum Gasteiger partial charge on any atom is 0.227 e. The van der Waals surface area contributed by atoms with Gasteiger partial charge < -0.3 is 14.6 Å². The normalized spacial score (nSPS) is 16.7. The summed E-state index contributed by atoms with van der Waals surface area (Å²) in [5.41, 5.74) is 2.78. The molecule has 1 aliphatic heterocycles. The number of para-hydroxylation sites is 2. The Morgan fingerprint density at radius 2 is 1.97 bits per heavy atom. The van der Waals surface area contributed by atoms with E-state index in [1.807, 2.05) is 66.2 Å². The van der Waals surface area contributed by atoms with Crippen molar-refractivity contribution in [3.63, 3.8) is 0 Å². The lowest BCUT2D eigenvalue weighted by Crippen LogP contribution is -2.37. The molecule has 0 saturated carbocycles. The average molecular weight is 498 g/mol. The van der Waals surface area contributed by atoms with Crippen molar-refractivity contribution in [2.24, 2.45) is 0 Å². The van der Waals surface area contributed by atoms with E-state index in [0.717, 1.165) is 62.2 Å². The van der Waals surface area contributed by atoms with Crippen LogP contribution in [0.4, 0.5) is 0 Å². The van der Waals surface area contributed by atoms with Crippen molar-refractivity contribution in [2.75, 3.05) is 19.7 Å². The van der Waals surface area contributed by atoms with Gasteiger partial charge in [0.15, 0.2) is 0 Å². The Hall–Kier alpha value is -2.38. The number of hydrogen-bond acceptors (Lipinski definition) is 5. The van der Waals surface area contributed by atoms with Crippen molar-refractivity contribution in [1.82, 2.24) is 14.7 Å². The predicted octanol–water partition coefficient (Wildman–Crippen LogP) is 6.16. The highest BCUT2D eigenvalue weighted by Gasteiger charge is 2.26. The van der Waals surface area contributed by atoms with Crippen LogP contribution in [0.25, 0.3) is 5.69 Å². The second kappa shape index (κ2) is 12.5. The number of aliphatic hydroxyl groups excluding tert-OH is 1. The number of halogens is 1. The summed E-state index contributed by atoms with van der Waals surface area (Å²) in [5.74, 6) is 1.23. The largest absolute Gasteiger partial charge is 0.437 e. The van der Waals surface area contributed by atoms with Crippen molar-refractivity contribution < 1.29 is 14.6 Å². The lowest BCUT2D eigenvalue weighted by Gasteiger charge is -2.27. The van der Waals surface area contributed by atoms with E-state index < -0.39 is 0 Å². The fourth-order valence-electron chi connectivity index (χ4n) is 4.53. The molecule has 1 aromatic heterocycles. The molecule has 1 aliphatic rings. The van der Waals surface area contributed by atoms with Gasteiger partial charge in [-0.3, -0.25) is 4.90 Å². The van der Waals surface area contributed by atoms with E-state index in [4.69, 9.17) is 26.2 Å². The molecule has 0 unspecified atom stereocenters. The zero-order valence-electron chi connectivity index (χ0n) is 20.7. The Labute approximate surface area is 213 Å². The lowest BCUT2D eigenvalue weighted by molar-refractivity contribution is 0.0434. The molecule has 2 atom stereocenters. The maximum absolute atomic E-state index is 10.7. The minimum absolute atomic E-state index is 0.186. The molecule has 188 valence electrons. The van der Waals surface area contributed by atoms with Crippen molar-refractivity contribution in [1.29, 1.82) is 0 Å². The van der Waals surface area contributed by atoms with E-state index in [-0.39, 0.29) is 12.2 Å². The monoisotopic (exact) mass is 497 g/mol. The molecule has 4 rings (SSSR count). The number of aromatic nitrogens is 2. The van der Waals surface area contributed by atoms with Crippen LogP contribution < -0.4 is 4.74 Å². The van der Waals surface area contributed by atoms with Crippen molar-refractivity contribution in [2.45, 2.75) is 64.7 Å². The first-order valence-corrected chi connectivity index (χ1v) is 13.0. The number of aliphatic hydroxyl groups is 1. The van der Waals surface area contributed by atoms with Gasteiger partial charge in [-0.15, -0.1) is 0 Å². The summed E-state index contributed by atoms with van der Waals surface area (Å²) >= 11 is 6.45. The highest BCUT2D eigenvalue weighted by molar-refractivity contribution is 6.32. The first-order valence-electron chi connectivity index (χ1n) is 12.6. The van der Waals surface area contributed by atoms with Crippen LogP contribution in [0.15, 0.2) is 54.6 Å². The fraction of sp³-hybridized carbons (Fsp3) is 0.464. The Morgan fingerprint density at radius 1 is 1.20 bits per heavy atom. The number of aryl methyl sites for hydroxylation is 1. The van der Waals surface area contributed by atoms with E-state index in [2.05, 4.69) is 11.8 Å². The first-order chi connectivity index (χ1) is 17.0. The standard InChI is InChI=1S/C28H36ClN3O3/c1-3-4-13-23(33)18-31(19-24-14-10-17-34-24)20-25-21(2)30-32(22-11-6-5-7-12-22)28(25)35-27-16-9-8-15-26(27)29/h5-9,11-12,15-16,23-24,33H,3-4,10,13-14,17-20H2,1-2H3/t23-,24-/m0/s1. The van der Waals surface area contributed by atoms with Crippen molar-refractivity contribution in [3.8, 4) is 17.3 Å². The summed E-state index contributed by atoms with van der Waals surface area (Å²) in [5, 5.41) is 16.1. The summed E-state index contributed by atoms with van der Waals surface area (Å²) in [4.78, 5) is 2.29. The maximum atomic E-state index is 10.7. The minimum Gasteiger partial charge on any atom is -0.437 e. The van der Waals surface area contributed by atoms with Gasteiger partial charge in [0.05, 0.1) is 34.2 Å². The van der Waals surface area contributed by atoms with Gasteiger partial charge in [-0.05, 0) is 50.5 Å². The molecule has 3 aromatic rings. The predicted molar refractivity (Wildman–Crippen MR) is 140 cm³/mol. The van der Waals surface area contributed by atoms with Crippen LogP contribution in [0, 0.1) is 6.92 Å². The van der Waals surface area contributed by atoms with Gasteiger partial charge in [-0.1, -0.05) is 61.7 Å². The topological polar surface area (TPSA) is 59.8 Å². The molecule has 1 fully saturated rings. The zero-order valence-corrected chi connectivity index (χ0v) is 21.5. The molecule has 0 spiro atoms. The Bertz CT molecular complexity index is 1070. The number of unbranched alkanes of at least 4 members (excludes halogenated alkanes) is 1. The molecular formula is C28H36ClN3O3. The van der Waals surface area contributed by atoms with Crippen LogP contribution in [0.3, 0.4) is 0 Å². The SMILES string of the molecule is CCCC[C@H](O)CN(Cc1c(C)nn(-c2ccccc2)c1Oc1ccccc1Cl)C[C@@H]1CCCO1. The van der Waals surface area contributed by atoms with E-state index in [1.54, 1.807) is 0 Å². The number of hydrogen-bond donors (Lipinski definition) is 1. The molecule has 35 heavy (non-hydrogen) atoms. The molecular weight excluding hydrogens is 462 g/mol. The third kappa shape index (κ3) is 6.85. The number of nitrogens with zero attached hydrogens (tertiary/aromatic N) is 3. The summed E-state index contributed by atoms with van der Waals surface area (Å²) < 4.78 is 14.2. The van der Waals surface area contributed by atoms with Crippen molar-refractivity contribution >= 4 is 11.6 Å². The second-order valence-electron chi connectivity index (χ2n) is 9.27. The van der Waals surface area contributed by atoms with Gasteiger partial charge in [-0.25, -0.2) is 4.68 Å². The molecule has 1 saturated heterocycles. The molecule has 2 aromatic carbocycles. The third-order valence-electron chi connectivity index (χ3n) is 6.41. The Kier molecular flexibility index (Phi) is 9.21. The van der Waals surface area contributed by atoms with Crippen molar-refractivity contribution in [3.05, 3.63) is 70.9 Å². The second-order valence-corrected chi connectivity index (χ2v) is 9.68. The Balaban J connectivity index is 1.67. The van der Waals surface area contributed by atoms with Crippen LogP contribution in [0.5, 0.6) is 11.6 Å². The summed E-state index contributed by atoms with van der Waals surface area (Å²) in [6, 6.07) is 17.4. The summed E-state index contributed by atoms with van der Waals surface area (Å²) in [6.07, 6.45) is 4.82. The molecule has 2 heterocycles. The molecule has 0 bridgehead atoms. The summed E-state index contributed by atoms with van der Waals surface area (Å²) in [7, 11) is 0. The highest BCUT2D eigenvalue weighted by Crippen LogP contribution is 2.35. The molecule has 6 nitrogen and oxygen atoms in total. The molecule has 7 heteroatoms.